The Labute approximate surface area is 115 Å². The van der Waals surface area contributed by atoms with Crippen LogP contribution in [0.5, 0.6) is 11.5 Å². The Balaban J connectivity index is 2.11. The number of fused-ring (bicyclic) bond motifs is 1. The van der Waals surface area contributed by atoms with E-state index in [1.165, 1.54) is 11.1 Å². The SMILES string of the molecule is Cc1cc2c(cc1CN(C)C(C)CCN)OCCO2. The van der Waals surface area contributed by atoms with Crippen molar-refractivity contribution in [1.82, 2.24) is 4.90 Å². The van der Waals surface area contributed by atoms with Crippen molar-refractivity contribution < 1.29 is 9.47 Å². The zero-order valence-electron chi connectivity index (χ0n) is 12.1. The molecule has 106 valence electrons. The Morgan fingerprint density at radius 2 is 1.89 bits per heavy atom. The van der Waals surface area contributed by atoms with Crippen LogP contribution in [0.25, 0.3) is 0 Å². The van der Waals surface area contributed by atoms with Gasteiger partial charge in [-0.25, -0.2) is 0 Å². The summed E-state index contributed by atoms with van der Waals surface area (Å²) in [6.07, 6.45) is 1.01. The average molecular weight is 264 g/mol. The zero-order chi connectivity index (χ0) is 13.8. The van der Waals surface area contributed by atoms with E-state index >= 15 is 0 Å². The highest BCUT2D eigenvalue weighted by atomic mass is 16.6. The molecule has 0 saturated heterocycles. The molecule has 1 atom stereocenters. The number of ether oxygens (including phenoxy) is 2. The maximum atomic E-state index is 5.65. The zero-order valence-corrected chi connectivity index (χ0v) is 12.1. The van der Waals surface area contributed by atoms with Crippen LogP contribution in [0.2, 0.25) is 0 Å². The number of aryl methyl sites for hydroxylation is 1. The first-order valence-corrected chi connectivity index (χ1v) is 6.91. The van der Waals surface area contributed by atoms with Crippen molar-refractivity contribution in [3.05, 3.63) is 23.3 Å². The lowest BCUT2D eigenvalue weighted by molar-refractivity contribution is 0.170. The minimum atomic E-state index is 0.484. The van der Waals surface area contributed by atoms with E-state index in [4.69, 9.17) is 15.2 Å². The highest BCUT2D eigenvalue weighted by molar-refractivity contribution is 5.47. The molecule has 2 rings (SSSR count). The van der Waals surface area contributed by atoms with E-state index in [1.54, 1.807) is 0 Å². The second kappa shape index (κ2) is 6.26. The van der Waals surface area contributed by atoms with E-state index < -0.39 is 0 Å². The summed E-state index contributed by atoms with van der Waals surface area (Å²) < 4.78 is 11.2. The average Bonchev–Trinajstić information content (AvgIpc) is 2.39. The smallest absolute Gasteiger partial charge is 0.161 e. The fourth-order valence-corrected chi connectivity index (χ4v) is 2.29. The van der Waals surface area contributed by atoms with Crippen LogP contribution in [0.15, 0.2) is 12.1 Å². The van der Waals surface area contributed by atoms with Gasteiger partial charge in [-0.15, -0.1) is 0 Å². The Morgan fingerprint density at radius 3 is 2.53 bits per heavy atom. The number of hydrogen-bond acceptors (Lipinski definition) is 4. The first-order chi connectivity index (χ1) is 9.11. The number of nitrogens with two attached hydrogens (primary N) is 1. The second-order valence-electron chi connectivity index (χ2n) is 5.26. The van der Waals surface area contributed by atoms with Crippen molar-refractivity contribution in [2.75, 3.05) is 26.8 Å². The summed E-state index contributed by atoms with van der Waals surface area (Å²) in [5, 5.41) is 0. The fourth-order valence-electron chi connectivity index (χ4n) is 2.29. The largest absolute Gasteiger partial charge is 0.486 e. The molecule has 19 heavy (non-hydrogen) atoms. The summed E-state index contributed by atoms with van der Waals surface area (Å²) in [5.74, 6) is 1.73. The highest BCUT2D eigenvalue weighted by Gasteiger charge is 2.16. The van der Waals surface area contributed by atoms with E-state index in [2.05, 4.69) is 37.9 Å². The Kier molecular flexibility index (Phi) is 4.66. The standard InChI is InChI=1S/C15H24N2O2/c1-11-8-14-15(19-7-6-18-14)9-13(11)10-17(3)12(2)4-5-16/h8-9,12H,4-7,10,16H2,1-3H3. The summed E-state index contributed by atoms with van der Waals surface area (Å²) in [7, 11) is 2.14. The van der Waals surface area contributed by atoms with Crippen molar-refractivity contribution in [2.24, 2.45) is 5.73 Å². The van der Waals surface area contributed by atoms with Crippen LogP contribution in [-0.4, -0.2) is 37.7 Å². The minimum absolute atomic E-state index is 0.484. The number of rotatable bonds is 5. The van der Waals surface area contributed by atoms with E-state index in [-0.39, 0.29) is 0 Å². The monoisotopic (exact) mass is 264 g/mol. The first-order valence-electron chi connectivity index (χ1n) is 6.91. The lowest BCUT2D eigenvalue weighted by Crippen LogP contribution is -2.30. The van der Waals surface area contributed by atoms with Crippen LogP contribution in [0.3, 0.4) is 0 Å². The van der Waals surface area contributed by atoms with Gasteiger partial charge in [-0.05, 0) is 57.1 Å². The summed E-state index contributed by atoms with van der Waals surface area (Å²) >= 11 is 0. The summed E-state index contributed by atoms with van der Waals surface area (Å²) in [4.78, 5) is 2.32. The number of benzene rings is 1. The van der Waals surface area contributed by atoms with Gasteiger partial charge in [0.25, 0.3) is 0 Å². The Hall–Kier alpha value is -1.26. The molecule has 4 heteroatoms. The van der Waals surface area contributed by atoms with Gasteiger partial charge in [0, 0.05) is 12.6 Å². The molecular formula is C15H24N2O2. The summed E-state index contributed by atoms with van der Waals surface area (Å²) in [5.41, 5.74) is 8.15. The number of hydrogen-bond donors (Lipinski definition) is 1. The van der Waals surface area contributed by atoms with Gasteiger partial charge in [0.05, 0.1) is 0 Å². The van der Waals surface area contributed by atoms with Gasteiger partial charge in [0.2, 0.25) is 0 Å². The predicted molar refractivity (Wildman–Crippen MR) is 76.8 cm³/mol. The van der Waals surface area contributed by atoms with E-state index in [0.29, 0.717) is 19.3 Å². The van der Waals surface area contributed by atoms with Gasteiger partial charge < -0.3 is 15.2 Å². The van der Waals surface area contributed by atoms with Crippen molar-refractivity contribution in [1.29, 1.82) is 0 Å². The maximum absolute atomic E-state index is 5.65. The molecule has 0 amide bonds. The van der Waals surface area contributed by atoms with Gasteiger partial charge in [0.1, 0.15) is 13.2 Å². The molecule has 0 radical (unpaired) electrons. The molecule has 2 N–H and O–H groups in total. The van der Waals surface area contributed by atoms with Crippen molar-refractivity contribution >= 4 is 0 Å². The molecule has 4 nitrogen and oxygen atoms in total. The molecule has 1 unspecified atom stereocenters. The highest BCUT2D eigenvalue weighted by Crippen LogP contribution is 2.33. The Morgan fingerprint density at radius 1 is 1.26 bits per heavy atom. The molecule has 0 aliphatic carbocycles. The second-order valence-corrected chi connectivity index (χ2v) is 5.26. The lowest BCUT2D eigenvalue weighted by Gasteiger charge is -2.26. The van der Waals surface area contributed by atoms with Crippen molar-refractivity contribution in [3.63, 3.8) is 0 Å². The van der Waals surface area contributed by atoms with E-state index in [0.717, 1.165) is 31.0 Å². The molecular weight excluding hydrogens is 240 g/mol. The molecule has 1 aromatic rings. The quantitative estimate of drug-likeness (QED) is 0.883. The van der Waals surface area contributed by atoms with Crippen LogP contribution in [-0.2, 0) is 6.54 Å². The molecule has 0 aromatic heterocycles. The van der Waals surface area contributed by atoms with E-state index in [9.17, 15) is 0 Å². The van der Waals surface area contributed by atoms with Crippen molar-refractivity contribution in [2.45, 2.75) is 32.9 Å². The first kappa shape index (κ1) is 14.2. The van der Waals surface area contributed by atoms with E-state index in [1.807, 2.05) is 0 Å². The molecule has 0 bridgehead atoms. The van der Waals surface area contributed by atoms with Crippen LogP contribution >= 0.6 is 0 Å². The van der Waals surface area contributed by atoms with Crippen LogP contribution in [0.1, 0.15) is 24.5 Å². The summed E-state index contributed by atoms with van der Waals surface area (Å²) in [6, 6.07) is 4.67. The lowest BCUT2D eigenvalue weighted by atomic mass is 10.1. The molecule has 0 spiro atoms. The van der Waals surface area contributed by atoms with Crippen LogP contribution in [0, 0.1) is 6.92 Å². The molecule has 0 saturated carbocycles. The van der Waals surface area contributed by atoms with Gasteiger partial charge in [-0.1, -0.05) is 0 Å². The molecule has 1 heterocycles. The Bertz CT molecular complexity index is 434. The topological polar surface area (TPSA) is 47.7 Å². The molecule has 1 aliphatic rings. The molecule has 1 aliphatic heterocycles. The van der Waals surface area contributed by atoms with Crippen molar-refractivity contribution in [3.8, 4) is 11.5 Å². The maximum Gasteiger partial charge on any atom is 0.161 e. The van der Waals surface area contributed by atoms with Crippen LogP contribution < -0.4 is 15.2 Å². The molecule has 1 aromatic carbocycles. The van der Waals surface area contributed by atoms with Gasteiger partial charge in [0.15, 0.2) is 11.5 Å². The third-order valence-corrected chi connectivity index (χ3v) is 3.76. The minimum Gasteiger partial charge on any atom is -0.486 e. The number of nitrogens with zero attached hydrogens (tertiary/aromatic N) is 1. The predicted octanol–water partition coefficient (Wildman–Crippen LogP) is 1.94. The van der Waals surface area contributed by atoms with Crippen LogP contribution in [0.4, 0.5) is 0 Å². The van der Waals surface area contributed by atoms with Gasteiger partial charge >= 0.3 is 0 Å². The summed E-state index contributed by atoms with van der Waals surface area (Å²) in [6.45, 7) is 7.23. The normalized spacial score (nSPS) is 15.6. The third kappa shape index (κ3) is 3.39. The fraction of sp³-hybridized carbons (Fsp3) is 0.600. The third-order valence-electron chi connectivity index (χ3n) is 3.76. The molecule has 0 fully saturated rings. The van der Waals surface area contributed by atoms with Gasteiger partial charge in [-0.3, -0.25) is 4.90 Å². The van der Waals surface area contributed by atoms with Gasteiger partial charge in [-0.2, -0.15) is 0 Å².